The van der Waals surface area contributed by atoms with Crippen LogP contribution in [-0.4, -0.2) is 32.7 Å². The van der Waals surface area contributed by atoms with Crippen molar-refractivity contribution in [2.24, 2.45) is 0 Å². The first-order chi connectivity index (χ1) is 12.6. The van der Waals surface area contributed by atoms with Crippen molar-refractivity contribution in [3.05, 3.63) is 53.1 Å². The summed E-state index contributed by atoms with van der Waals surface area (Å²) in [4.78, 5) is 24.0. The van der Waals surface area contributed by atoms with Gasteiger partial charge in [-0.25, -0.2) is 4.79 Å². The van der Waals surface area contributed by atoms with E-state index in [1.54, 1.807) is 32.4 Å². The molecular weight excluding hydrogens is 334 g/mol. The van der Waals surface area contributed by atoms with Gasteiger partial charge in [0.2, 0.25) is 0 Å². The van der Waals surface area contributed by atoms with Crippen LogP contribution in [0.3, 0.4) is 0 Å². The Morgan fingerprint density at radius 2 is 1.92 bits per heavy atom. The zero-order valence-corrected chi connectivity index (χ0v) is 14.7. The fraction of sp³-hybridized carbons (Fsp3) is 0.263. The van der Waals surface area contributed by atoms with E-state index in [0.717, 1.165) is 17.5 Å². The van der Waals surface area contributed by atoms with Crippen molar-refractivity contribution in [1.29, 1.82) is 0 Å². The summed E-state index contributed by atoms with van der Waals surface area (Å²) in [6, 6.07) is 10.5. The van der Waals surface area contributed by atoms with Gasteiger partial charge in [-0.1, -0.05) is 12.1 Å². The van der Waals surface area contributed by atoms with Gasteiger partial charge in [0.25, 0.3) is 5.91 Å². The summed E-state index contributed by atoms with van der Waals surface area (Å²) in [7, 11) is 3.13. The van der Waals surface area contributed by atoms with Crippen LogP contribution >= 0.6 is 0 Å². The van der Waals surface area contributed by atoms with Crippen molar-refractivity contribution >= 4 is 17.6 Å². The summed E-state index contributed by atoms with van der Waals surface area (Å²) in [5.41, 5.74) is 3.05. The third kappa shape index (κ3) is 3.88. The maximum absolute atomic E-state index is 12.1. The lowest BCUT2D eigenvalue weighted by molar-refractivity contribution is 0.0946. The maximum Gasteiger partial charge on any atom is 0.319 e. The van der Waals surface area contributed by atoms with Gasteiger partial charge < -0.3 is 25.4 Å². The predicted octanol–water partition coefficient (Wildman–Crippen LogP) is 2.31. The van der Waals surface area contributed by atoms with Crippen molar-refractivity contribution in [3.8, 4) is 11.5 Å². The Hall–Kier alpha value is -3.22. The molecule has 26 heavy (non-hydrogen) atoms. The van der Waals surface area contributed by atoms with Crippen LogP contribution in [-0.2, 0) is 13.0 Å². The van der Waals surface area contributed by atoms with Crippen LogP contribution in [0.25, 0.3) is 0 Å². The number of carbonyl (C=O) groups excluding carboxylic acids is 2. The van der Waals surface area contributed by atoms with E-state index in [2.05, 4.69) is 16.0 Å². The molecule has 7 nitrogen and oxygen atoms in total. The molecule has 0 fully saturated rings. The molecule has 0 saturated heterocycles. The molecule has 1 aliphatic rings. The lowest BCUT2D eigenvalue weighted by Gasteiger charge is -2.17. The third-order valence-corrected chi connectivity index (χ3v) is 4.19. The predicted molar refractivity (Wildman–Crippen MR) is 97.9 cm³/mol. The number of ether oxygens (including phenoxy) is 2. The first-order valence-electron chi connectivity index (χ1n) is 8.27. The first kappa shape index (κ1) is 17.6. The van der Waals surface area contributed by atoms with E-state index in [1.807, 2.05) is 18.2 Å². The van der Waals surface area contributed by atoms with Crippen molar-refractivity contribution in [1.82, 2.24) is 10.6 Å². The second-order valence-corrected chi connectivity index (χ2v) is 5.87. The summed E-state index contributed by atoms with van der Waals surface area (Å²) < 4.78 is 10.4. The quantitative estimate of drug-likeness (QED) is 0.768. The molecule has 0 radical (unpaired) electrons. The van der Waals surface area contributed by atoms with E-state index in [4.69, 9.17) is 9.47 Å². The molecule has 2 aromatic rings. The molecule has 0 aromatic heterocycles. The molecule has 2 aromatic carbocycles. The number of amides is 3. The maximum atomic E-state index is 12.1. The van der Waals surface area contributed by atoms with Crippen LogP contribution in [0.4, 0.5) is 10.5 Å². The fourth-order valence-electron chi connectivity index (χ4n) is 2.84. The Morgan fingerprint density at radius 3 is 2.69 bits per heavy atom. The van der Waals surface area contributed by atoms with Crippen LogP contribution < -0.4 is 25.4 Å². The highest BCUT2D eigenvalue weighted by Gasteiger charge is 2.17. The Kier molecular flexibility index (Phi) is 5.26. The van der Waals surface area contributed by atoms with Gasteiger partial charge in [-0.15, -0.1) is 0 Å². The molecule has 0 atom stereocenters. The molecule has 0 unspecified atom stereocenters. The van der Waals surface area contributed by atoms with Crippen LogP contribution in [0.15, 0.2) is 36.4 Å². The van der Waals surface area contributed by atoms with Gasteiger partial charge in [0.1, 0.15) is 0 Å². The van der Waals surface area contributed by atoms with Gasteiger partial charge in [0, 0.05) is 24.3 Å². The summed E-state index contributed by atoms with van der Waals surface area (Å²) in [5, 5.41) is 8.32. The minimum Gasteiger partial charge on any atom is -0.493 e. The van der Waals surface area contributed by atoms with E-state index < -0.39 is 0 Å². The number of benzene rings is 2. The number of carbonyl (C=O) groups is 2. The van der Waals surface area contributed by atoms with Crippen molar-refractivity contribution in [3.63, 3.8) is 0 Å². The van der Waals surface area contributed by atoms with Gasteiger partial charge in [0.15, 0.2) is 11.5 Å². The van der Waals surface area contributed by atoms with E-state index in [0.29, 0.717) is 35.8 Å². The van der Waals surface area contributed by atoms with Gasteiger partial charge in [-0.3, -0.25) is 4.79 Å². The van der Waals surface area contributed by atoms with E-state index >= 15 is 0 Å². The summed E-state index contributed by atoms with van der Waals surface area (Å²) in [6.07, 6.45) is 0.798. The zero-order chi connectivity index (χ0) is 18.5. The molecule has 0 bridgehead atoms. The van der Waals surface area contributed by atoms with Crippen molar-refractivity contribution < 1.29 is 19.1 Å². The fourth-order valence-corrected chi connectivity index (χ4v) is 2.84. The lowest BCUT2D eigenvalue weighted by Crippen LogP contribution is -2.32. The van der Waals surface area contributed by atoms with Gasteiger partial charge in [0.05, 0.1) is 14.2 Å². The number of hydrogen-bond acceptors (Lipinski definition) is 4. The molecule has 0 saturated carbocycles. The highest BCUT2D eigenvalue weighted by Crippen LogP contribution is 2.27. The highest BCUT2D eigenvalue weighted by molar-refractivity contribution is 5.99. The molecule has 3 rings (SSSR count). The Bertz CT molecular complexity index is 836. The number of anilines is 1. The Balaban J connectivity index is 1.61. The number of hydrogen-bond donors (Lipinski definition) is 3. The van der Waals surface area contributed by atoms with Crippen LogP contribution in [0, 0.1) is 0 Å². The molecular formula is C19H21N3O4. The molecule has 0 aliphatic carbocycles. The molecule has 0 spiro atoms. The lowest BCUT2D eigenvalue weighted by atomic mass is 10.00. The number of nitrogens with one attached hydrogen (secondary N) is 3. The number of rotatable bonds is 5. The molecule has 1 heterocycles. The van der Waals surface area contributed by atoms with Crippen LogP contribution in [0.5, 0.6) is 11.5 Å². The number of methoxy groups -OCH3 is 2. The smallest absolute Gasteiger partial charge is 0.319 e. The van der Waals surface area contributed by atoms with Crippen molar-refractivity contribution in [2.45, 2.75) is 13.0 Å². The monoisotopic (exact) mass is 355 g/mol. The SMILES string of the molecule is COc1ccc(CNC(=O)Nc2ccc3c(c2)C(=O)NCC3)cc1OC. The van der Waals surface area contributed by atoms with E-state index in [9.17, 15) is 9.59 Å². The number of fused-ring (bicyclic) bond motifs is 1. The summed E-state index contributed by atoms with van der Waals surface area (Å²) >= 11 is 0. The number of urea groups is 1. The van der Waals surface area contributed by atoms with E-state index in [1.165, 1.54) is 0 Å². The summed E-state index contributed by atoms with van der Waals surface area (Å²) in [6.45, 7) is 0.974. The zero-order valence-electron chi connectivity index (χ0n) is 14.7. The topological polar surface area (TPSA) is 88.7 Å². The van der Waals surface area contributed by atoms with Gasteiger partial charge in [-0.2, -0.15) is 0 Å². The average molecular weight is 355 g/mol. The molecule has 3 amide bonds. The minimum absolute atomic E-state index is 0.111. The molecule has 3 N–H and O–H groups in total. The van der Waals surface area contributed by atoms with Crippen LogP contribution in [0.1, 0.15) is 21.5 Å². The Morgan fingerprint density at radius 1 is 1.12 bits per heavy atom. The minimum atomic E-state index is -0.351. The van der Waals surface area contributed by atoms with Crippen LogP contribution in [0.2, 0.25) is 0 Å². The van der Waals surface area contributed by atoms with Crippen molar-refractivity contribution in [2.75, 3.05) is 26.1 Å². The van der Waals surface area contributed by atoms with Gasteiger partial charge in [-0.05, 0) is 41.8 Å². The normalized spacial score (nSPS) is 12.6. The molecule has 136 valence electrons. The standard InChI is InChI=1S/C19H21N3O4/c1-25-16-6-3-12(9-17(16)26-2)11-21-19(24)22-14-5-4-13-7-8-20-18(23)15(13)10-14/h3-6,9-10H,7-8,11H2,1-2H3,(H,20,23)(H2,21,22,24). The van der Waals surface area contributed by atoms with Gasteiger partial charge >= 0.3 is 6.03 Å². The largest absolute Gasteiger partial charge is 0.493 e. The molecule has 1 aliphatic heterocycles. The average Bonchev–Trinajstić information content (AvgIpc) is 2.66. The Labute approximate surface area is 151 Å². The summed E-state index contributed by atoms with van der Waals surface area (Å²) in [5.74, 6) is 1.13. The molecule has 7 heteroatoms. The van der Waals surface area contributed by atoms with E-state index in [-0.39, 0.29) is 11.9 Å². The second kappa shape index (κ2) is 7.77. The first-order valence-corrected chi connectivity index (χ1v) is 8.27. The highest BCUT2D eigenvalue weighted by atomic mass is 16.5. The second-order valence-electron chi connectivity index (χ2n) is 5.87. The third-order valence-electron chi connectivity index (χ3n) is 4.19.